The first-order valence-corrected chi connectivity index (χ1v) is 8.44. The van der Waals surface area contributed by atoms with E-state index in [0.717, 1.165) is 39.0 Å². The van der Waals surface area contributed by atoms with E-state index in [0.29, 0.717) is 6.04 Å². The van der Waals surface area contributed by atoms with E-state index in [1.54, 1.807) is 0 Å². The summed E-state index contributed by atoms with van der Waals surface area (Å²) in [6, 6.07) is 0.501. The molecule has 0 radical (unpaired) electrons. The van der Waals surface area contributed by atoms with Gasteiger partial charge in [-0.2, -0.15) is 0 Å². The van der Waals surface area contributed by atoms with Crippen LogP contribution in [0.5, 0.6) is 0 Å². The van der Waals surface area contributed by atoms with E-state index in [-0.39, 0.29) is 11.9 Å². The minimum absolute atomic E-state index is 0.0125. The lowest BCUT2D eigenvalue weighted by molar-refractivity contribution is -0.127. The van der Waals surface area contributed by atoms with Crippen LogP contribution in [0.2, 0.25) is 0 Å². The van der Waals surface area contributed by atoms with Gasteiger partial charge in [-0.3, -0.25) is 9.69 Å². The number of amides is 1. The lowest BCUT2D eigenvalue weighted by atomic mass is 10.0. The smallest absolute Gasteiger partial charge is 0.237 e. The Balaban J connectivity index is 2.44. The Morgan fingerprint density at radius 1 is 1.35 bits per heavy atom. The lowest BCUT2D eigenvalue weighted by Crippen LogP contribution is -2.54. The monoisotopic (exact) mass is 283 g/mol. The lowest BCUT2D eigenvalue weighted by Gasteiger charge is -2.38. The van der Waals surface area contributed by atoms with Crippen molar-refractivity contribution < 1.29 is 4.79 Å². The van der Waals surface area contributed by atoms with E-state index >= 15 is 0 Å². The van der Waals surface area contributed by atoms with Gasteiger partial charge in [0, 0.05) is 19.1 Å². The van der Waals surface area contributed by atoms with E-state index in [4.69, 9.17) is 0 Å². The Morgan fingerprint density at radius 3 is 2.75 bits per heavy atom. The fraction of sp³-hybridized carbons (Fsp3) is 0.938. The molecular weight excluding hydrogens is 250 g/mol. The second-order valence-corrected chi connectivity index (χ2v) is 5.91. The van der Waals surface area contributed by atoms with Crippen molar-refractivity contribution in [2.75, 3.05) is 26.2 Å². The average Bonchev–Trinajstić information content (AvgIpc) is 2.49. The van der Waals surface area contributed by atoms with Crippen LogP contribution in [0.3, 0.4) is 0 Å². The molecule has 118 valence electrons. The zero-order chi connectivity index (χ0) is 14.8. The summed E-state index contributed by atoms with van der Waals surface area (Å²) in [5.74, 6) is 0.195. The molecule has 2 N–H and O–H groups in total. The van der Waals surface area contributed by atoms with Crippen molar-refractivity contribution in [3.8, 4) is 0 Å². The maximum atomic E-state index is 12.3. The van der Waals surface area contributed by atoms with E-state index in [2.05, 4.69) is 36.3 Å². The molecule has 0 saturated carbocycles. The highest BCUT2D eigenvalue weighted by Crippen LogP contribution is 2.14. The molecule has 20 heavy (non-hydrogen) atoms. The van der Waals surface area contributed by atoms with E-state index in [9.17, 15) is 4.79 Å². The van der Waals surface area contributed by atoms with Crippen LogP contribution in [0.25, 0.3) is 0 Å². The van der Waals surface area contributed by atoms with Crippen molar-refractivity contribution in [1.82, 2.24) is 15.5 Å². The molecule has 4 nitrogen and oxygen atoms in total. The summed E-state index contributed by atoms with van der Waals surface area (Å²) in [5, 5.41) is 6.55. The number of carbonyl (C=O) groups is 1. The molecule has 2 atom stereocenters. The second kappa shape index (κ2) is 10.2. The molecular formula is C16H33N3O. The summed E-state index contributed by atoms with van der Waals surface area (Å²) in [5.41, 5.74) is 0. The first-order chi connectivity index (χ1) is 9.70. The van der Waals surface area contributed by atoms with Gasteiger partial charge in [0.25, 0.3) is 0 Å². The third-order valence-corrected chi connectivity index (χ3v) is 4.18. The van der Waals surface area contributed by atoms with Crippen molar-refractivity contribution in [3.05, 3.63) is 0 Å². The third kappa shape index (κ3) is 5.80. The number of piperidine rings is 1. The Labute approximate surface area is 124 Å². The van der Waals surface area contributed by atoms with Crippen LogP contribution in [0.15, 0.2) is 0 Å². The Bertz CT molecular complexity index is 264. The fourth-order valence-electron chi connectivity index (χ4n) is 2.95. The first kappa shape index (κ1) is 17.4. The molecule has 1 aliphatic rings. The van der Waals surface area contributed by atoms with Crippen LogP contribution in [0, 0.1) is 0 Å². The fourth-order valence-corrected chi connectivity index (χ4v) is 2.95. The molecule has 1 fully saturated rings. The predicted molar refractivity (Wildman–Crippen MR) is 84.9 cm³/mol. The van der Waals surface area contributed by atoms with E-state index < -0.39 is 0 Å². The van der Waals surface area contributed by atoms with Gasteiger partial charge >= 0.3 is 0 Å². The zero-order valence-electron chi connectivity index (χ0n) is 13.6. The molecule has 1 aliphatic heterocycles. The summed E-state index contributed by atoms with van der Waals surface area (Å²) >= 11 is 0. The summed E-state index contributed by atoms with van der Waals surface area (Å²) in [6.07, 6.45) is 7.01. The highest BCUT2D eigenvalue weighted by molar-refractivity contribution is 5.81. The van der Waals surface area contributed by atoms with Gasteiger partial charge in [0.2, 0.25) is 5.91 Å². The molecule has 0 aromatic carbocycles. The zero-order valence-corrected chi connectivity index (χ0v) is 13.6. The molecule has 1 rings (SSSR count). The van der Waals surface area contributed by atoms with Gasteiger partial charge < -0.3 is 10.6 Å². The molecule has 0 aliphatic carbocycles. The topological polar surface area (TPSA) is 44.4 Å². The van der Waals surface area contributed by atoms with Crippen molar-refractivity contribution in [1.29, 1.82) is 0 Å². The molecule has 0 bridgehead atoms. The number of rotatable bonds is 9. The van der Waals surface area contributed by atoms with Gasteiger partial charge in [-0.05, 0) is 45.7 Å². The van der Waals surface area contributed by atoms with Gasteiger partial charge in [-0.1, -0.05) is 26.7 Å². The van der Waals surface area contributed by atoms with Gasteiger partial charge in [0.05, 0.1) is 6.04 Å². The minimum Gasteiger partial charge on any atom is -0.355 e. The van der Waals surface area contributed by atoms with Crippen LogP contribution >= 0.6 is 0 Å². The predicted octanol–water partition coefficient (Wildman–Crippen LogP) is 2.15. The van der Waals surface area contributed by atoms with Crippen molar-refractivity contribution >= 4 is 5.91 Å². The minimum atomic E-state index is -0.0125. The van der Waals surface area contributed by atoms with Gasteiger partial charge in [-0.15, -0.1) is 0 Å². The second-order valence-electron chi connectivity index (χ2n) is 5.91. The first-order valence-electron chi connectivity index (χ1n) is 8.44. The Kier molecular flexibility index (Phi) is 8.86. The average molecular weight is 283 g/mol. The molecule has 2 unspecified atom stereocenters. The number of carbonyl (C=O) groups excluding carboxylic acids is 1. The molecule has 1 heterocycles. The molecule has 4 heteroatoms. The molecule has 0 spiro atoms. The number of hydrogen-bond donors (Lipinski definition) is 2. The van der Waals surface area contributed by atoms with Crippen molar-refractivity contribution in [2.24, 2.45) is 0 Å². The molecule has 0 aromatic heterocycles. The third-order valence-electron chi connectivity index (χ3n) is 4.18. The van der Waals surface area contributed by atoms with Gasteiger partial charge in [0.1, 0.15) is 0 Å². The quantitative estimate of drug-likeness (QED) is 0.637. The van der Waals surface area contributed by atoms with Crippen LogP contribution in [-0.2, 0) is 4.79 Å². The van der Waals surface area contributed by atoms with Gasteiger partial charge in [-0.25, -0.2) is 0 Å². The largest absolute Gasteiger partial charge is 0.355 e. The van der Waals surface area contributed by atoms with Crippen LogP contribution in [0.4, 0.5) is 0 Å². The number of nitrogens with one attached hydrogen (secondary N) is 2. The number of unbranched alkanes of at least 4 members (excludes halogenated alkanes) is 2. The summed E-state index contributed by atoms with van der Waals surface area (Å²) in [6.45, 7) is 10.4. The van der Waals surface area contributed by atoms with Crippen LogP contribution in [0.1, 0.15) is 59.3 Å². The van der Waals surface area contributed by atoms with Crippen molar-refractivity contribution in [3.63, 3.8) is 0 Å². The standard InChI is InChI=1S/C16H33N3O/c1-4-6-7-11-18-16(20)14(3)19(12-5-2)15-9-8-10-17-13-15/h14-15,17H,4-13H2,1-3H3,(H,18,20). The van der Waals surface area contributed by atoms with Crippen molar-refractivity contribution in [2.45, 2.75) is 71.4 Å². The van der Waals surface area contributed by atoms with E-state index in [1.807, 2.05) is 0 Å². The molecule has 0 aromatic rings. The van der Waals surface area contributed by atoms with Gasteiger partial charge in [0.15, 0.2) is 0 Å². The van der Waals surface area contributed by atoms with Crippen LogP contribution in [-0.4, -0.2) is 49.1 Å². The highest BCUT2D eigenvalue weighted by Gasteiger charge is 2.28. The molecule has 1 amide bonds. The summed E-state index contributed by atoms with van der Waals surface area (Å²) in [4.78, 5) is 14.7. The maximum absolute atomic E-state index is 12.3. The highest BCUT2D eigenvalue weighted by atomic mass is 16.2. The summed E-state index contributed by atoms with van der Waals surface area (Å²) < 4.78 is 0. The number of hydrogen-bond acceptors (Lipinski definition) is 3. The van der Waals surface area contributed by atoms with Crippen LogP contribution < -0.4 is 10.6 Å². The summed E-state index contributed by atoms with van der Waals surface area (Å²) in [7, 11) is 0. The SMILES string of the molecule is CCCCCNC(=O)C(C)N(CCC)C1CCCNC1. The Hall–Kier alpha value is -0.610. The Morgan fingerprint density at radius 2 is 2.15 bits per heavy atom. The maximum Gasteiger partial charge on any atom is 0.237 e. The molecule has 1 saturated heterocycles. The van der Waals surface area contributed by atoms with E-state index in [1.165, 1.54) is 25.7 Å². The normalized spacial score (nSPS) is 20.9. The number of nitrogens with zero attached hydrogens (tertiary/aromatic N) is 1.